The lowest BCUT2D eigenvalue weighted by molar-refractivity contribution is 0.0167. The molecule has 0 saturated heterocycles. The highest BCUT2D eigenvalue weighted by atomic mass is 19.1. The number of methoxy groups -OCH3 is 1. The zero-order chi connectivity index (χ0) is 22.5. The number of amides is 1. The number of carbonyl (C=O) groups is 1. The Labute approximate surface area is 185 Å². The van der Waals surface area contributed by atoms with E-state index in [0.29, 0.717) is 11.6 Å². The van der Waals surface area contributed by atoms with Gasteiger partial charge in [0.05, 0.1) is 36.0 Å². The fourth-order valence-electron chi connectivity index (χ4n) is 4.36. The molecular weight excluding hydrogens is 413 g/mol. The van der Waals surface area contributed by atoms with Crippen LogP contribution < -0.4 is 5.32 Å². The number of aliphatic hydroxyl groups is 1. The van der Waals surface area contributed by atoms with Gasteiger partial charge in [0.25, 0.3) is 5.91 Å². The van der Waals surface area contributed by atoms with Crippen LogP contribution in [0.1, 0.15) is 47.7 Å². The van der Waals surface area contributed by atoms with E-state index in [9.17, 15) is 14.3 Å². The van der Waals surface area contributed by atoms with Crippen LogP contribution >= 0.6 is 0 Å². The third-order valence-electron chi connectivity index (χ3n) is 6.10. The van der Waals surface area contributed by atoms with E-state index >= 15 is 0 Å². The van der Waals surface area contributed by atoms with Crippen molar-refractivity contribution in [2.24, 2.45) is 0 Å². The number of ether oxygens (including phenoxy) is 1. The van der Waals surface area contributed by atoms with Crippen LogP contribution in [-0.4, -0.2) is 56.9 Å². The summed E-state index contributed by atoms with van der Waals surface area (Å²) in [6, 6.07) is 7.43. The number of aromatic amines is 1. The topological polar surface area (TPSA) is 105 Å². The van der Waals surface area contributed by atoms with E-state index < -0.39 is 23.9 Å². The van der Waals surface area contributed by atoms with E-state index in [0.717, 1.165) is 18.5 Å². The van der Waals surface area contributed by atoms with Crippen LogP contribution in [-0.2, 0) is 11.3 Å². The van der Waals surface area contributed by atoms with Crippen LogP contribution in [0.15, 0.2) is 42.7 Å². The molecule has 2 aromatic heterocycles. The molecule has 1 fully saturated rings. The standard InChI is InChI=1S/C23H28FN5O3/c1-32-21(14-30)20(13-29-11-5-10-25-29)26-23(31)16-8-4-9-17(24)22(16)19-12-18(27-28-19)15-6-2-3-7-15/h4-5,8-12,15,20-21,30H,2-3,6-7,13-14H2,1H3,(H,26,31)(H,27,28)/t20-,21-/m1/s1. The number of hydrogen-bond acceptors (Lipinski definition) is 5. The molecule has 8 nitrogen and oxygen atoms in total. The molecule has 1 saturated carbocycles. The van der Waals surface area contributed by atoms with Crippen molar-refractivity contribution in [3.8, 4) is 11.3 Å². The van der Waals surface area contributed by atoms with Crippen molar-refractivity contribution in [1.82, 2.24) is 25.3 Å². The molecule has 0 spiro atoms. The second-order valence-electron chi connectivity index (χ2n) is 8.12. The molecule has 0 bridgehead atoms. The van der Waals surface area contributed by atoms with E-state index in [1.54, 1.807) is 29.2 Å². The Morgan fingerprint density at radius 3 is 2.88 bits per heavy atom. The summed E-state index contributed by atoms with van der Waals surface area (Å²) in [6.45, 7) is -0.000470. The van der Waals surface area contributed by atoms with Gasteiger partial charge in [0.2, 0.25) is 0 Å². The maximum Gasteiger partial charge on any atom is 0.252 e. The molecule has 1 aliphatic carbocycles. The molecule has 0 radical (unpaired) electrons. The average molecular weight is 442 g/mol. The molecule has 1 amide bonds. The first-order chi connectivity index (χ1) is 15.6. The Morgan fingerprint density at radius 2 is 2.19 bits per heavy atom. The molecule has 0 aliphatic heterocycles. The number of aliphatic hydroxyl groups excluding tert-OH is 1. The fraction of sp³-hybridized carbons (Fsp3) is 0.435. The van der Waals surface area contributed by atoms with Gasteiger partial charge in [-0.05, 0) is 37.1 Å². The average Bonchev–Trinajstić information content (AvgIpc) is 3.56. The van der Waals surface area contributed by atoms with Crippen molar-refractivity contribution in [3.63, 3.8) is 0 Å². The van der Waals surface area contributed by atoms with Crippen LogP contribution in [0, 0.1) is 5.82 Å². The van der Waals surface area contributed by atoms with Crippen molar-refractivity contribution in [2.45, 2.75) is 50.3 Å². The molecule has 32 heavy (non-hydrogen) atoms. The molecule has 2 atom stereocenters. The van der Waals surface area contributed by atoms with Gasteiger partial charge < -0.3 is 15.2 Å². The number of aromatic nitrogens is 4. The van der Waals surface area contributed by atoms with Gasteiger partial charge in [-0.15, -0.1) is 0 Å². The van der Waals surface area contributed by atoms with Crippen LogP contribution in [0.4, 0.5) is 4.39 Å². The number of nitrogens with zero attached hydrogens (tertiary/aromatic N) is 3. The van der Waals surface area contributed by atoms with Crippen molar-refractivity contribution >= 4 is 5.91 Å². The summed E-state index contributed by atoms with van der Waals surface area (Å²) < 4.78 is 21.9. The maximum atomic E-state index is 14.9. The molecule has 1 aromatic carbocycles. The van der Waals surface area contributed by atoms with Gasteiger partial charge >= 0.3 is 0 Å². The van der Waals surface area contributed by atoms with Crippen LogP contribution in [0.5, 0.6) is 0 Å². The van der Waals surface area contributed by atoms with Gasteiger partial charge in [-0.2, -0.15) is 10.2 Å². The number of H-pyrrole nitrogens is 1. The Balaban J connectivity index is 1.61. The molecule has 3 aromatic rings. The zero-order valence-electron chi connectivity index (χ0n) is 18.0. The summed E-state index contributed by atoms with van der Waals surface area (Å²) in [5, 5.41) is 24.1. The second-order valence-corrected chi connectivity index (χ2v) is 8.12. The van der Waals surface area contributed by atoms with E-state index in [-0.39, 0.29) is 24.3 Å². The number of halogens is 1. The Hall–Kier alpha value is -3.04. The molecular formula is C23H28FN5O3. The molecule has 4 rings (SSSR count). The number of rotatable bonds is 9. The monoisotopic (exact) mass is 441 g/mol. The molecule has 0 unspecified atom stereocenters. The summed E-state index contributed by atoms with van der Waals surface area (Å²) in [4.78, 5) is 13.2. The minimum atomic E-state index is -0.653. The highest BCUT2D eigenvalue weighted by Gasteiger charge is 2.27. The summed E-state index contributed by atoms with van der Waals surface area (Å²) in [6.07, 6.45) is 7.25. The Kier molecular flexibility index (Phi) is 6.96. The third kappa shape index (κ3) is 4.73. The predicted molar refractivity (Wildman–Crippen MR) is 117 cm³/mol. The molecule has 1 aliphatic rings. The Bertz CT molecular complexity index is 1030. The summed E-state index contributed by atoms with van der Waals surface area (Å²) in [7, 11) is 1.46. The summed E-state index contributed by atoms with van der Waals surface area (Å²) >= 11 is 0. The Morgan fingerprint density at radius 1 is 1.38 bits per heavy atom. The fourth-order valence-corrected chi connectivity index (χ4v) is 4.36. The zero-order valence-corrected chi connectivity index (χ0v) is 18.0. The maximum absolute atomic E-state index is 14.9. The van der Waals surface area contributed by atoms with Crippen LogP contribution in [0.25, 0.3) is 11.3 Å². The molecule has 170 valence electrons. The van der Waals surface area contributed by atoms with Gasteiger partial charge in [-0.3, -0.25) is 14.6 Å². The van der Waals surface area contributed by atoms with Crippen molar-refractivity contribution in [3.05, 3.63) is 59.8 Å². The smallest absolute Gasteiger partial charge is 0.252 e. The largest absolute Gasteiger partial charge is 0.394 e. The third-order valence-corrected chi connectivity index (χ3v) is 6.10. The van der Waals surface area contributed by atoms with E-state index in [1.807, 2.05) is 6.07 Å². The lowest BCUT2D eigenvalue weighted by Crippen LogP contribution is -2.48. The highest BCUT2D eigenvalue weighted by Crippen LogP contribution is 2.35. The summed E-state index contributed by atoms with van der Waals surface area (Å²) in [5.41, 5.74) is 1.71. The van der Waals surface area contributed by atoms with E-state index in [2.05, 4.69) is 20.6 Å². The quantitative estimate of drug-likeness (QED) is 0.474. The normalized spacial score (nSPS) is 16.2. The van der Waals surface area contributed by atoms with E-state index in [4.69, 9.17) is 4.74 Å². The van der Waals surface area contributed by atoms with Crippen molar-refractivity contribution < 1.29 is 19.0 Å². The van der Waals surface area contributed by atoms with Gasteiger partial charge in [-0.1, -0.05) is 18.9 Å². The van der Waals surface area contributed by atoms with Gasteiger partial charge in [0.1, 0.15) is 11.9 Å². The first kappa shape index (κ1) is 22.2. The van der Waals surface area contributed by atoms with E-state index in [1.165, 1.54) is 32.1 Å². The first-order valence-electron chi connectivity index (χ1n) is 10.9. The number of hydrogen-bond donors (Lipinski definition) is 3. The number of benzene rings is 1. The SMILES string of the molecule is CO[C@H](CO)[C@@H](Cn1cccn1)NC(=O)c1cccc(F)c1-c1cc(C2CCCC2)[nH]n1. The number of nitrogens with one attached hydrogen (secondary N) is 2. The minimum absolute atomic E-state index is 0.154. The molecule has 2 heterocycles. The second kappa shape index (κ2) is 10.1. The van der Waals surface area contributed by atoms with Gasteiger partial charge in [0.15, 0.2) is 0 Å². The minimum Gasteiger partial charge on any atom is -0.394 e. The lowest BCUT2D eigenvalue weighted by atomic mass is 9.99. The molecule has 3 N–H and O–H groups in total. The lowest BCUT2D eigenvalue weighted by Gasteiger charge is -2.26. The molecule has 9 heteroatoms. The van der Waals surface area contributed by atoms with Gasteiger partial charge in [-0.25, -0.2) is 4.39 Å². The van der Waals surface area contributed by atoms with Crippen LogP contribution in [0.2, 0.25) is 0 Å². The van der Waals surface area contributed by atoms with Crippen molar-refractivity contribution in [1.29, 1.82) is 0 Å². The highest BCUT2D eigenvalue weighted by molar-refractivity contribution is 6.00. The van der Waals surface area contributed by atoms with Gasteiger partial charge in [0, 0.05) is 31.1 Å². The van der Waals surface area contributed by atoms with Crippen LogP contribution in [0.3, 0.4) is 0 Å². The summed E-state index contributed by atoms with van der Waals surface area (Å²) in [5.74, 6) is -0.598. The number of carbonyl (C=O) groups excluding carboxylic acids is 1. The van der Waals surface area contributed by atoms with Crippen molar-refractivity contribution in [2.75, 3.05) is 13.7 Å². The first-order valence-corrected chi connectivity index (χ1v) is 10.9. The predicted octanol–water partition coefficient (Wildman–Crippen LogP) is 2.88.